The van der Waals surface area contributed by atoms with E-state index in [1.807, 2.05) is 32.0 Å². The summed E-state index contributed by atoms with van der Waals surface area (Å²) in [6.07, 6.45) is 3.16. The van der Waals surface area contributed by atoms with E-state index in [1.165, 1.54) is 6.20 Å². The Morgan fingerprint density at radius 3 is 2.81 bits per heavy atom. The second kappa shape index (κ2) is 7.04. The van der Waals surface area contributed by atoms with Crippen LogP contribution in [-0.2, 0) is 6.54 Å². The summed E-state index contributed by atoms with van der Waals surface area (Å²) in [5.74, 6) is -0.215. The first kappa shape index (κ1) is 15.3. The maximum atomic E-state index is 12.3. The van der Waals surface area contributed by atoms with E-state index in [2.05, 4.69) is 20.6 Å². The summed E-state index contributed by atoms with van der Waals surface area (Å²) < 4.78 is 0. The molecule has 2 aromatic heterocycles. The van der Waals surface area contributed by atoms with Gasteiger partial charge in [0, 0.05) is 18.4 Å². The van der Waals surface area contributed by atoms with Crippen LogP contribution in [0.5, 0.6) is 0 Å². The number of amides is 1. The van der Waals surface area contributed by atoms with Gasteiger partial charge in [0.15, 0.2) is 0 Å². The molecule has 0 aromatic carbocycles. The van der Waals surface area contributed by atoms with Gasteiger partial charge in [-0.15, -0.1) is 0 Å². The lowest BCUT2D eigenvalue weighted by atomic mass is 10.2. The smallest absolute Gasteiger partial charge is 0.255 e. The summed E-state index contributed by atoms with van der Waals surface area (Å²) >= 11 is 5.89. The molecule has 5 nitrogen and oxygen atoms in total. The number of nitrogens with one attached hydrogen (secondary N) is 2. The van der Waals surface area contributed by atoms with Crippen LogP contribution < -0.4 is 10.6 Å². The van der Waals surface area contributed by atoms with Crippen molar-refractivity contribution in [1.82, 2.24) is 15.3 Å². The standard InChI is InChI=1S/C15H17ClN4O/c1-10(2)20-13-7-14(16)18-9-12(13)15(21)19-8-11-5-3-4-6-17-11/h3-7,9-10H,8H2,1-2H3,(H,18,20)(H,19,21). The van der Waals surface area contributed by atoms with Crippen molar-refractivity contribution < 1.29 is 4.79 Å². The van der Waals surface area contributed by atoms with Crippen molar-refractivity contribution in [2.45, 2.75) is 26.4 Å². The summed E-state index contributed by atoms with van der Waals surface area (Å²) in [7, 11) is 0. The molecule has 2 N–H and O–H groups in total. The number of anilines is 1. The van der Waals surface area contributed by atoms with E-state index in [-0.39, 0.29) is 11.9 Å². The van der Waals surface area contributed by atoms with Gasteiger partial charge in [-0.3, -0.25) is 9.78 Å². The number of aromatic nitrogens is 2. The molecular formula is C15H17ClN4O. The number of nitrogens with zero attached hydrogens (tertiary/aromatic N) is 2. The van der Waals surface area contributed by atoms with Crippen molar-refractivity contribution >= 4 is 23.2 Å². The SMILES string of the molecule is CC(C)Nc1cc(Cl)ncc1C(=O)NCc1ccccn1. The van der Waals surface area contributed by atoms with Crippen molar-refractivity contribution in [3.8, 4) is 0 Å². The van der Waals surface area contributed by atoms with Crippen LogP contribution in [0, 0.1) is 0 Å². The highest BCUT2D eigenvalue weighted by Gasteiger charge is 2.13. The molecule has 2 heterocycles. The highest BCUT2D eigenvalue weighted by Crippen LogP contribution is 2.19. The summed E-state index contributed by atoms with van der Waals surface area (Å²) in [5, 5.41) is 6.36. The first-order chi connectivity index (χ1) is 10.1. The van der Waals surface area contributed by atoms with E-state index < -0.39 is 0 Å². The maximum Gasteiger partial charge on any atom is 0.255 e. The zero-order valence-electron chi connectivity index (χ0n) is 11.9. The normalized spacial score (nSPS) is 10.5. The van der Waals surface area contributed by atoms with Gasteiger partial charge in [0.05, 0.1) is 23.5 Å². The molecule has 0 aliphatic rings. The molecule has 110 valence electrons. The third kappa shape index (κ3) is 4.43. The van der Waals surface area contributed by atoms with E-state index in [9.17, 15) is 4.79 Å². The average Bonchev–Trinajstić information content (AvgIpc) is 2.45. The minimum atomic E-state index is -0.215. The van der Waals surface area contributed by atoms with Gasteiger partial charge in [-0.1, -0.05) is 17.7 Å². The number of hydrogen-bond donors (Lipinski definition) is 2. The molecule has 0 unspecified atom stereocenters. The van der Waals surface area contributed by atoms with Crippen molar-refractivity contribution in [3.63, 3.8) is 0 Å². The van der Waals surface area contributed by atoms with Crippen LogP contribution in [0.4, 0.5) is 5.69 Å². The van der Waals surface area contributed by atoms with Crippen LogP contribution in [0.15, 0.2) is 36.7 Å². The minimum Gasteiger partial charge on any atom is -0.382 e. The van der Waals surface area contributed by atoms with Gasteiger partial charge in [-0.25, -0.2) is 4.98 Å². The van der Waals surface area contributed by atoms with Gasteiger partial charge in [-0.2, -0.15) is 0 Å². The first-order valence-electron chi connectivity index (χ1n) is 6.66. The third-order valence-electron chi connectivity index (χ3n) is 2.72. The molecule has 2 aromatic rings. The fourth-order valence-corrected chi connectivity index (χ4v) is 1.97. The highest BCUT2D eigenvalue weighted by atomic mass is 35.5. The summed E-state index contributed by atoms with van der Waals surface area (Å²) in [5.41, 5.74) is 1.93. The molecule has 2 rings (SSSR count). The van der Waals surface area contributed by atoms with Crippen molar-refractivity contribution in [1.29, 1.82) is 0 Å². The molecule has 0 aliphatic heterocycles. The van der Waals surface area contributed by atoms with Crippen LogP contribution in [-0.4, -0.2) is 21.9 Å². The molecule has 0 saturated carbocycles. The summed E-state index contributed by atoms with van der Waals surface area (Å²) in [4.78, 5) is 20.4. The molecule has 0 spiro atoms. The van der Waals surface area contributed by atoms with Crippen molar-refractivity contribution in [2.75, 3.05) is 5.32 Å². The Kier molecular flexibility index (Phi) is 5.11. The fraction of sp³-hybridized carbons (Fsp3) is 0.267. The monoisotopic (exact) mass is 304 g/mol. The van der Waals surface area contributed by atoms with Gasteiger partial charge < -0.3 is 10.6 Å². The van der Waals surface area contributed by atoms with Crippen molar-refractivity contribution in [3.05, 3.63) is 53.1 Å². The zero-order valence-corrected chi connectivity index (χ0v) is 12.7. The van der Waals surface area contributed by atoms with Crippen LogP contribution in [0.3, 0.4) is 0 Å². The Labute approximate surface area is 128 Å². The lowest BCUT2D eigenvalue weighted by Crippen LogP contribution is -2.25. The summed E-state index contributed by atoms with van der Waals surface area (Å²) in [6, 6.07) is 7.40. The number of carbonyl (C=O) groups excluding carboxylic acids is 1. The lowest BCUT2D eigenvalue weighted by Gasteiger charge is -2.14. The topological polar surface area (TPSA) is 66.9 Å². The van der Waals surface area contributed by atoms with Crippen LogP contribution >= 0.6 is 11.6 Å². The zero-order chi connectivity index (χ0) is 15.2. The molecular weight excluding hydrogens is 288 g/mol. The van der Waals surface area contributed by atoms with Crippen LogP contribution in [0.1, 0.15) is 29.9 Å². The number of halogens is 1. The number of pyridine rings is 2. The summed E-state index contributed by atoms with van der Waals surface area (Å²) in [6.45, 7) is 4.34. The molecule has 0 bridgehead atoms. The first-order valence-corrected chi connectivity index (χ1v) is 7.04. The number of rotatable bonds is 5. The molecule has 0 saturated heterocycles. The molecule has 6 heteroatoms. The Balaban J connectivity index is 2.11. The predicted molar refractivity (Wildman–Crippen MR) is 83.4 cm³/mol. The second-order valence-electron chi connectivity index (χ2n) is 4.86. The highest BCUT2D eigenvalue weighted by molar-refractivity contribution is 6.29. The third-order valence-corrected chi connectivity index (χ3v) is 2.92. The Morgan fingerprint density at radius 1 is 1.33 bits per heavy atom. The van der Waals surface area contributed by atoms with E-state index in [0.717, 1.165) is 5.69 Å². The van der Waals surface area contributed by atoms with Crippen molar-refractivity contribution in [2.24, 2.45) is 0 Å². The Morgan fingerprint density at radius 2 is 2.14 bits per heavy atom. The van der Waals surface area contributed by atoms with Gasteiger partial charge in [0.2, 0.25) is 0 Å². The van der Waals surface area contributed by atoms with Crippen LogP contribution in [0.25, 0.3) is 0 Å². The van der Waals surface area contributed by atoms with Crippen LogP contribution in [0.2, 0.25) is 5.15 Å². The van der Waals surface area contributed by atoms with Gasteiger partial charge >= 0.3 is 0 Å². The average molecular weight is 305 g/mol. The Bertz CT molecular complexity index is 616. The minimum absolute atomic E-state index is 0.186. The Hall–Kier alpha value is -2.14. The van der Waals surface area contributed by atoms with E-state index >= 15 is 0 Å². The number of carbonyl (C=O) groups is 1. The molecule has 0 atom stereocenters. The van der Waals surface area contributed by atoms with Gasteiger partial charge in [0.1, 0.15) is 5.15 Å². The molecule has 1 amide bonds. The number of hydrogen-bond acceptors (Lipinski definition) is 4. The molecule has 21 heavy (non-hydrogen) atoms. The van der Waals surface area contributed by atoms with E-state index in [4.69, 9.17) is 11.6 Å². The molecule has 0 aliphatic carbocycles. The molecule has 0 radical (unpaired) electrons. The lowest BCUT2D eigenvalue weighted by molar-refractivity contribution is 0.0951. The predicted octanol–water partition coefficient (Wildman–Crippen LogP) is 2.88. The largest absolute Gasteiger partial charge is 0.382 e. The van der Waals surface area contributed by atoms with Gasteiger partial charge in [0.25, 0.3) is 5.91 Å². The fourth-order valence-electron chi connectivity index (χ4n) is 1.81. The van der Waals surface area contributed by atoms with E-state index in [0.29, 0.717) is 22.9 Å². The quantitative estimate of drug-likeness (QED) is 0.834. The van der Waals surface area contributed by atoms with E-state index in [1.54, 1.807) is 12.3 Å². The second-order valence-corrected chi connectivity index (χ2v) is 5.24. The maximum absolute atomic E-state index is 12.3. The van der Waals surface area contributed by atoms with Gasteiger partial charge in [-0.05, 0) is 32.0 Å². The molecule has 0 fully saturated rings.